The highest BCUT2D eigenvalue weighted by Gasteiger charge is 2.00. The van der Waals surface area contributed by atoms with Gasteiger partial charge in [0.15, 0.2) is 0 Å². The normalized spacial score (nSPS) is 11.5. The Morgan fingerprint density at radius 2 is 1.76 bits per heavy atom. The van der Waals surface area contributed by atoms with Crippen LogP contribution in [0.1, 0.15) is 58.3 Å². The Labute approximate surface area is 105 Å². The molecule has 0 saturated heterocycles. The third-order valence-electron chi connectivity index (χ3n) is 2.61. The molecule has 1 atom stereocenters. The zero-order chi connectivity index (χ0) is 12.9. The predicted octanol–water partition coefficient (Wildman–Crippen LogP) is 2.66. The van der Waals surface area contributed by atoms with Gasteiger partial charge in [-0.1, -0.05) is 51.4 Å². The number of hydrogen-bond donors (Lipinski definition) is 1. The van der Waals surface area contributed by atoms with Crippen molar-refractivity contribution in [1.82, 2.24) is 0 Å². The van der Waals surface area contributed by atoms with Crippen molar-refractivity contribution >= 4 is 5.97 Å². The first-order valence-electron chi connectivity index (χ1n) is 6.48. The molecule has 0 aromatic heterocycles. The molecule has 0 saturated carbocycles. The molecule has 1 N–H and O–H groups in total. The summed E-state index contributed by atoms with van der Waals surface area (Å²) in [5.41, 5.74) is 0. The fourth-order valence-corrected chi connectivity index (χ4v) is 1.56. The van der Waals surface area contributed by atoms with Gasteiger partial charge in [0.05, 0.1) is 7.11 Å². The lowest BCUT2D eigenvalue weighted by atomic mass is 10.1. The lowest BCUT2D eigenvalue weighted by Crippen LogP contribution is -2.04. The van der Waals surface area contributed by atoms with E-state index in [1.807, 2.05) is 0 Å². The Balaban J connectivity index is 3.41. The van der Waals surface area contributed by atoms with Crippen molar-refractivity contribution in [2.75, 3.05) is 7.11 Å². The average molecular weight is 240 g/mol. The Morgan fingerprint density at radius 3 is 2.35 bits per heavy atom. The molecule has 98 valence electrons. The third-order valence-corrected chi connectivity index (χ3v) is 2.61. The minimum Gasteiger partial charge on any atom is -0.459 e. The number of aliphatic hydroxyl groups excluding tert-OH is 1. The first-order chi connectivity index (χ1) is 8.20. The molecular formula is C14H24O3. The number of ether oxygens (including phenoxy) is 1. The van der Waals surface area contributed by atoms with E-state index >= 15 is 0 Å². The maximum Gasteiger partial charge on any atom is 0.384 e. The molecule has 3 heteroatoms. The second-order valence-electron chi connectivity index (χ2n) is 4.19. The molecular weight excluding hydrogens is 216 g/mol. The Bertz CT molecular complexity index is 250. The molecule has 0 fully saturated rings. The van der Waals surface area contributed by atoms with Crippen molar-refractivity contribution in [3.8, 4) is 11.8 Å². The lowest BCUT2D eigenvalue weighted by Gasteiger charge is -2.03. The number of carbonyl (C=O) groups is 1. The SMILES string of the molecule is CCCCCCCCCC(O)C#CC(=O)OC. The van der Waals surface area contributed by atoms with Crippen LogP contribution in [0.5, 0.6) is 0 Å². The van der Waals surface area contributed by atoms with Gasteiger partial charge >= 0.3 is 5.97 Å². The largest absolute Gasteiger partial charge is 0.459 e. The lowest BCUT2D eigenvalue weighted by molar-refractivity contribution is -0.133. The van der Waals surface area contributed by atoms with Crippen molar-refractivity contribution in [2.45, 2.75) is 64.4 Å². The van der Waals surface area contributed by atoms with E-state index < -0.39 is 12.1 Å². The standard InChI is InChI=1S/C14H24O3/c1-3-4-5-6-7-8-9-10-13(15)11-12-14(16)17-2/h13,15H,3-10H2,1-2H3. The summed E-state index contributed by atoms with van der Waals surface area (Å²) >= 11 is 0. The number of carbonyl (C=O) groups excluding carboxylic acids is 1. The predicted molar refractivity (Wildman–Crippen MR) is 68.4 cm³/mol. The van der Waals surface area contributed by atoms with Crippen LogP contribution in [0, 0.1) is 11.8 Å². The van der Waals surface area contributed by atoms with E-state index in [0.29, 0.717) is 6.42 Å². The summed E-state index contributed by atoms with van der Waals surface area (Å²) in [5.74, 6) is 4.12. The zero-order valence-electron chi connectivity index (χ0n) is 11.0. The van der Waals surface area contributed by atoms with Crippen LogP contribution in [0.2, 0.25) is 0 Å². The number of methoxy groups -OCH3 is 1. The number of rotatable bonds is 8. The molecule has 0 aliphatic carbocycles. The minimum absolute atomic E-state index is 0.594. The summed E-state index contributed by atoms with van der Waals surface area (Å²) in [6.45, 7) is 2.20. The van der Waals surface area contributed by atoms with Crippen LogP contribution in [0.15, 0.2) is 0 Å². The van der Waals surface area contributed by atoms with E-state index in [0.717, 1.165) is 12.8 Å². The van der Waals surface area contributed by atoms with Gasteiger partial charge in [-0.15, -0.1) is 0 Å². The highest BCUT2D eigenvalue weighted by Crippen LogP contribution is 2.09. The molecule has 17 heavy (non-hydrogen) atoms. The molecule has 0 radical (unpaired) electrons. The molecule has 0 aliphatic heterocycles. The van der Waals surface area contributed by atoms with Gasteiger partial charge in [0.1, 0.15) is 6.10 Å². The van der Waals surface area contributed by atoms with E-state index in [1.54, 1.807) is 0 Å². The minimum atomic E-state index is -0.704. The summed E-state index contributed by atoms with van der Waals surface area (Å²) < 4.78 is 4.36. The van der Waals surface area contributed by atoms with Crippen LogP contribution in [0.4, 0.5) is 0 Å². The fraction of sp³-hybridized carbons (Fsp3) is 0.786. The Kier molecular flexibility index (Phi) is 10.8. The molecule has 0 spiro atoms. The second kappa shape index (κ2) is 11.5. The van der Waals surface area contributed by atoms with Crippen molar-refractivity contribution in [1.29, 1.82) is 0 Å². The summed E-state index contributed by atoms with van der Waals surface area (Å²) in [6, 6.07) is 0. The average Bonchev–Trinajstić information content (AvgIpc) is 2.34. The van der Waals surface area contributed by atoms with Gasteiger partial charge in [0.25, 0.3) is 0 Å². The van der Waals surface area contributed by atoms with Gasteiger partial charge < -0.3 is 9.84 Å². The number of unbranched alkanes of at least 4 members (excludes halogenated alkanes) is 6. The quantitative estimate of drug-likeness (QED) is 0.307. The van der Waals surface area contributed by atoms with Crippen molar-refractivity contribution in [2.24, 2.45) is 0 Å². The Morgan fingerprint density at radius 1 is 1.18 bits per heavy atom. The number of hydrogen-bond acceptors (Lipinski definition) is 3. The van der Waals surface area contributed by atoms with Crippen LogP contribution < -0.4 is 0 Å². The molecule has 0 aromatic rings. The maximum absolute atomic E-state index is 10.7. The van der Waals surface area contributed by atoms with Crippen LogP contribution in [-0.4, -0.2) is 24.3 Å². The van der Waals surface area contributed by atoms with Gasteiger partial charge in [-0.3, -0.25) is 0 Å². The van der Waals surface area contributed by atoms with E-state index in [1.165, 1.54) is 39.2 Å². The molecule has 0 aromatic carbocycles. The third kappa shape index (κ3) is 11.3. The molecule has 0 bridgehead atoms. The molecule has 1 unspecified atom stereocenters. The van der Waals surface area contributed by atoms with Crippen LogP contribution >= 0.6 is 0 Å². The molecule has 3 nitrogen and oxygen atoms in total. The first-order valence-corrected chi connectivity index (χ1v) is 6.48. The van der Waals surface area contributed by atoms with Crippen LogP contribution in [0.3, 0.4) is 0 Å². The highest BCUT2D eigenvalue weighted by molar-refractivity contribution is 5.88. The molecule has 0 amide bonds. The van der Waals surface area contributed by atoms with Gasteiger partial charge in [0.2, 0.25) is 0 Å². The zero-order valence-corrected chi connectivity index (χ0v) is 11.0. The number of aliphatic hydroxyl groups is 1. The molecule has 0 heterocycles. The van der Waals surface area contributed by atoms with Gasteiger partial charge in [-0.05, 0) is 12.8 Å². The van der Waals surface area contributed by atoms with Crippen molar-refractivity contribution in [3.63, 3.8) is 0 Å². The van der Waals surface area contributed by atoms with Gasteiger partial charge in [0, 0.05) is 5.92 Å². The molecule has 0 rings (SSSR count). The van der Waals surface area contributed by atoms with Gasteiger partial charge in [-0.2, -0.15) is 0 Å². The van der Waals surface area contributed by atoms with Crippen LogP contribution in [-0.2, 0) is 9.53 Å². The highest BCUT2D eigenvalue weighted by atomic mass is 16.5. The topological polar surface area (TPSA) is 46.5 Å². The van der Waals surface area contributed by atoms with E-state index in [4.69, 9.17) is 0 Å². The smallest absolute Gasteiger partial charge is 0.384 e. The monoisotopic (exact) mass is 240 g/mol. The molecule has 0 aliphatic rings. The van der Waals surface area contributed by atoms with E-state index in [2.05, 4.69) is 23.5 Å². The summed E-state index contributed by atoms with van der Waals surface area (Å²) in [7, 11) is 1.28. The Hall–Kier alpha value is -1.01. The maximum atomic E-state index is 10.7. The summed E-state index contributed by atoms with van der Waals surface area (Å²) in [5, 5.41) is 9.45. The van der Waals surface area contributed by atoms with Crippen molar-refractivity contribution in [3.05, 3.63) is 0 Å². The summed E-state index contributed by atoms with van der Waals surface area (Å²) in [6.07, 6.45) is 8.40. The second-order valence-corrected chi connectivity index (χ2v) is 4.19. The number of esters is 1. The van der Waals surface area contributed by atoms with E-state index in [-0.39, 0.29) is 0 Å². The van der Waals surface area contributed by atoms with Gasteiger partial charge in [-0.25, -0.2) is 4.79 Å². The summed E-state index contributed by atoms with van der Waals surface area (Å²) in [4.78, 5) is 10.7. The first kappa shape index (κ1) is 16.0. The van der Waals surface area contributed by atoms with Crippen molar-refractivity contribution < 1.29 is 14.6 Å². The van der Waals surface area contributed by atoms with E-state index in [9.17, 15) is 9.90 Å². The van der Waals surface area contributed by atoms with Crippen LogP contribution in [0.25, 0.3) is 0 Å². The fourth-order valence-electron chi connectivity index (χ4n) is 1.56.